The molecule has 0 saturated carbocycles. The second kappa shape index (κ2) is 8.32. The third kappa shape index (κ3) is 4.93. The van der Waals surface area contributed by atoms with Gasteiger partial charge in [-0.2, -0.15) is 0 Å². The lowest BCUT2D eigenvalue weighted by Gasteiger charge is -2.53. The number of amides is 3. The summed E-state index contributed by atoms with van der Waals surface area (Å²) in [6.45, 7) is 5.33. The van der Waals surface area contributed by atoms with Gasteiger partial charge in [0, 0.05) is 39.6 Å². The molecule has 2 aliphatic heterocycles. The van der Waals surface area contributed by atoms with Gasteiger partial charge in [0.25, 0.3) is 0 Å². The lowest BCUT2D eigenvalue weighted by atomic mass is 9.73. The van der Waals surface area contributed by atoms with E-state index < -0.39 is 17.2 Å². The van der Waals surface area contributed by atoms with Gasteiger partial charge in [-0.15, -0.1) is 0 Å². The normalized spacial score (nSPS) is 28.5. The van der Waals surface area contributed by atoms with Crippen LogP contribution in [0.25, 0.3) is 0 Å². The summed E-state index contributed by atoms with van der Waals surface area (Å²) in [5, 5.41) is 16.5. The largest absolute Gasteiger partial charge is 0.388 e. The minimum atomic E-state index is -0.857. The molecule has 26 heavy (non-hydrogen) atoms. The first-order valence-corrected chi connectivity index (χ1v) is 9.05. The molecule has 2 fully saturated rings. The molecule has 0 aromatic heterocycles. The summed E-state index contributed by atoms with van der Waals surface area (Å²) in [5.74, 6) is -0.775. The van der Waals surface area contributed by atoms with E-state index in [2.05, 4.69) is 10.6 Å². The number of primary amides is 1. The van der Waals surface area contributed by atoms with Crippen LogP contribution in [0.5, 0.6) is 0 Å². The van der Waals surface area contributed by atoms with Gasteiger partial charge in [-0.25, -0.2) is 0 Å². The Balaban J connectivity index is 1.95. The second-order valence-corrected chi connectivity index (χ2v) is 7.51. The second-order valence-electron chi connectivity index (χ2n) is 7.51. The van der Waals surface area contributed by atoms with Crippen molar-refractivity contribution in [1.29, 1.82) is 0 Å². The van der Waals surface area contributed by atoms with Gasteiger partial charge in [-0.1, -0.05) is 0 Å². The van der Waals surface area contributed by atoms with Crippen molar-refractivity contribution in [3.8, 4) is 0 Å². The van der Waals surface area contributed by atoms with E-state index in [9.17, 15) is 19.5 Å². The highest BCUT2D eigenvalue weighted by atomic mass is 16.5. The molecule has 0 unspecified atom stereocenters. The number of nitrogens with zero attached hydrogens (tertiary/aromatic N) is 1. The van der Waals surface area contributed by atoms with Crippen LogP contribution >= 0.6 is 0 Å². The number of aliphatic hydroxyl groups excluding tert-OH is 1. The van der Waals surface area contributed by atoms with Gasteiger partial charge in [0.1, 0.15) is 6.10 Å². The number of likely N-dealkylation sites (tertiary alicyclic amines) is 1. The molecule has 0 aromatic rings. The van der Waals surface area contributed by atoms with Crippen LogP contribution in [0.2, 0.25) is 0 Å². The van der Waals surface area contributed by atoms with Crippen molar-refractivity contribution in [2.45, 2.75) is 56.8 Å². The van der Waals surface area contributed by atoms with E-state index in [0.29, 0.717) is 39.0 Å². The molecule has 2 atom stereocenters. The lowest BCUT2D eigenvalue weighted by Crippen LogP contribution is -2.69. The predicted octanol–water partition coefficient (Wildman–Crippen LogP) is -1.51. The van der Waals surface area contributed by atoms with Crippen molar-refractivity contribution < 1.29 is 24.2 Å². The molecule has 0 bridgehead atoms. The number of piperidine rings is 1. The predicted molar refractivity (Wildman–Crippen MR) is 94.0 cm³/mol. The number of nitrogens with one attached hydrogen (secondary N) is 2. The highest BCUT2D eigenvalue weighted by Crippen LogP contribution is 2.39. The highest BCUT2D eigenvalue weighted by Gasteiger charge is 2.53. The smallest absolute Gasteiger partial charge is 0.231 e. The van der Waals surface area contributed by atoms with E-state index >= 15 is 0 Å². The maximum atomic E-state index is 12.2. The van der Waals surface area contributed by atoms with E-state index in [1.54, 1.807) is 0 Å². The maximum absolute atomic E-state index is 12.2. The summed E-state index contributed by atoms with van der Waals surface area (Å²) in [4.78, 5) is 36.1. The third-order valence-electron chi connectivity index (χ3n) is 5.35. The van der Waals surface area contributed by atoms with Crippen LogP contribution in [0, 0.1) is 0 Å². The first-order valence-electron chi connectivity index (χ1n) is 9.05. The Labute approximate surface area is 153 Å². The van der Waals surface area contributed by atoms with Crippen LogP contribution in [0.3, 0.4) is 0 Å². The Bertz CT molecular complexity index is 547. The summed E-state index contributed by atoms with van der Waals surface area (Å²) in [6.07, 6.45) is 0.941. The third-order valence-corrected chi connectivity index (χ3v) is 5.35. The number of hydrogen-bond acceptors (Lipinski definition) is 6. The van der Waals surface area contributed by atoms with Crippen molar-refractivity contribution in [1.82, 2.24) is 15.5 Å². The van der Waals surface area contributed by atoms with Crippen molar-refractivity contribution in [2.24, 2.45) is 5.73 Å². The van der Waals surface area contributed by atoms with Crippen LogP contribution < -0.4 is 16.4 Å². The molecule has 0 aliphatic carbocycles. The van der Waals surface area contributed by atoms with Crippen LogP contribution in [0.4, 0.5) is 0 Å². The number of ether oxygens (including phenoxy) is 1. The van der Waals surface area contributed by atoms with E-state index in [1.807, 2.05) is 11.8 Å². The summed E-state index contributed by atoms with van der Waals surface area (Å²) in [5.41, 5.74) is 3.72. The minimum Gasteiger partial charge on any atom is -0.388 e. The van der Waals surface area contributed by atoms with Gasteiger partial charge in [-0.3, -0.25) is 19.3 Å². The van der Waals surface area contributed by atoms with E-state index in [-0.39, 0.29) is 37.2 Å². The minimum absolute atomic E-state index is 0.155. The summed E-state index contributed by atoms with van der Waals surface area (Å²) < 4.78 is 5.96. The monoisotopic (exact) mass is 370 g/mol. The van der Waals surface area contributed by atoms with Gasteiger partial charge >= 0.3 is 0 Å². The molecule has 1 spiro atoms. The van der Waals surface area contributed by atoms with Crippen LogP contribution in [0.15, 0.2) is 0 Å². The Morgan fingerprint density at radius 2 is 1.92 bits per heavy atom. The van der Waals surface area contributed by atoms with Crippen LogP contribution in [-0.4, -0.2) is 77.8 Å². The number of nitrogens with two attached hydrogens (primary N) is 1. The Hall–Kier alpha value is -1.71. The molecular weight excluding hydrogens is 340 g/mol. The van der Waals surface area contributed by atoms with Crippen molar-refractivity contribution in [2.75, 3.05) is 32.8 Å². The molecular formula is C17H30N4O5. The summed E-state index contributed by atoms with van der Waals surface area (Å²) >= 11 is 0. The molecule has 2 aliphatic rings. The number of carbonyl (C=O) groups excluding carboxylic acids is 3. The number of hydrogen-bond donors (Lipinski definition) is 4. The van der Waals surface area contributed by atoms with Gasteiger partial charge in [0.15, 0.2) is 0 Å². The number of aliphatic hydroxyl groups is 1. The summed E-state index contributed by atoms with van der Waals surface area (Å²) in [6, 6.07) is 0. The molecule has 5 N–H and O–H groups in total. The topological polar surface area (TPSA) is 134 Å². The molecule has 9 heteroatoms. The van der Waals surface area contributed by atoms with Crippen molar-refractivity contribution >= 4 is 17.7 Å². The fourth-order valence-electron chi connectivity index (χ4n) is 3.85. The zero-order chi connectivity index (χ0) is 19.4. The average molecular weight is 370 g/mol. The zero-order valence-corrected chi connectivity index (χ0v) is 15.5. The Kier molecular flexibility index (Phi) is 6.59. The molecule has 0 radical (unpaired) electrons. The van der Waals surface area contributed by atoms with E-state index in [4.69, 9.17) is 10.5 Å². The van der Waals surface area contributed by atoms with E-state index in [0.717, 1.165) is 0 Å². The van der Waals surface area contributed by atoms with Crippen LogP contribution in [0.1, 0.15) is 39.5 Å². The first kappa shape index (κ1) is 20.6. The van der Waals surface area contributed by atoms with Gasteiger partial charge in [-0.05, 0) is 26.2 Å². The maximum Gasteiger partial charge on any atom is 0.231 e. The molecule has 2 heterocycles. The quantitative estimate of drug-likeness (QED) is 0.449. The SMILES string of the molecule is CC(=O)NCCC(=O)N[C@]1(C)CCOC2(CCN(CC(N)=O)CC2)[C@H]1O. The molecule has 2 rings (SSSR count). The van der Waals surface area contributed by atoms with Gasteiger partial charge < -0.3 is 26.2 Å². The summed E-state index contributed by atoms with van der Waals surface area (Å²) in [7, 11) is 0. The fraction of sp³-hybridized carbons (Fsp3) is 0.824. The van der Waals surface area contributed by atoms with E-state index in [1.165, 1.54) is 6.92 Å². The molecule has 9 nitrogen and oxygen atoms in total. The number of carbonyl (C=O) groups is 3. The standard InChI is InChI=1S/C17H30N4O5/c1-12(22)19-7-3-14(24)20-16(2)6-10-26-17(15(16)25)4-8-21(9-5-17)11-13(18)23/h15,25H,3-11H2,1-2H3,(H2,18,23)(H,19,22)(H,20,24)/t15-,16+/m0/s1. The van der Waals surface area contributed by atoms with Gasteiger partial charge in [0.2, 0.25) is 17.7 Å². The van der Waals surface area contributed by atoms with Crippen molar-refractivity contribution in [3.63, 3.8) is 0 Å². The fourth-order valence-corrected chi connectivity index (χ4v) is 3.85. The zero-order valence-electron chi connectivity index (χ0n) is 15.5. The highest BCUT2D eigenvalue weighted by molar-refractivity contribution is 5.78. The van der Waals surface area contributed by atoms with Gasteiger partial charge in [0.05, 0.1) is 17.7 Å². The lowest BCUT2D eigenvalue weighted by molar-refractivity contribution is -0.207. The van der Waals surface area contributed by atoms with Crippen molar-refractivity contribution in [3.05, 3.63) is 0 Å². The molecule has 2 saturated heterocycles. The van der Waals surface area contributed by atoms with Crippen LogP contribution in [-0.2, 0) is 19.1 Å². The molecule has 0 aromatic carbocycles. The Morgan fingerprint density at radius 1 is 1.27 bits per heavy atom. The first-order chi connectivity index (χ1) is 12.2. The Morgan fingerprint density at radius 3 is 2.50 bits per heavy atom. The molecule has 3 amide bonds. The average Bonchev–Trinajstić information content (AvgIpc) is 2.54. The number of rotatable bonds is 6. The molecule has 148 valence electrons.